The average molecular weight is 283 g/mol. The van der Waals surface area contributed by atoms with Crippen LogP contribution in [-0.4, -0.2) is 38.0 Å². The average Bonchev–Trinajstić information content (AvgIpc) is 2.42. The highest BCUT2D eigenvalue weighted by Gasteiger charge is 2.48. The SMILES string of the molecule is CC(C)COC1CC(NCCC2CCCCO2)C1(C)C. The lowest BCUT2D eigenvalue weighted by Gasteiger charge is -2.52. The Morgan fingerprint density at radius 3 is 2.70 bits per heavy atom. The Kier molecular flexibility index (Phi) is 5.88. The zero-order chi connectivity index (χ0) is 14.6. The molecular formula is C17H33NO2. The third kappa shape index (κ3) is 4.19. The first kappa shape index (κ1) is 16.3. The molecule has 118 valence electrons. The van der Waals surface area contributed by atoms with Crippen LogP contribution in [0.4, 0.5) is 0 Å². The van der Waals surface area contributed by atoms with Crippen molar-refractivity contribution in [3.8, 4) is 0 Å². The van der Waals surface area contributed by atoms with Crippen molar-refractivity contribution < 1.29 is 9.47 Å². The maximum Gasteiger partial charge on any atom is 0.0656 e. The smallest absolute Gasteiger partial charge is 0.0656 e. The molecule has 1 aliphatic heterocycles. The van der Waals surface area contributed by atoms with Crippen LogP contribution in [0.3, 0.4) is 0 Å². The monoisotopic (exact) mass is 283 g/mol. The molecule has 1 saturated heterocycles. The van der Waals surface area contributed by atoms with E-state index in [9.17, 15) is 0 Å². The van der Waals surface area contributed by atoms with Crippen molar-refractivity contribution in [2.24, 2.45) is 11.3 Å². The molecule has 3 nitrogen and oxygen atoms in total. The van der Waals surface area contributed by atoms with Crippen molar-refractivity contribution in [2.75, 3.05) is 19.8 Å². The predicted octanol–water partition coefficient (Wildman–Crippen LogP) is 3.37. The lowest BCUT2D eigenvalue weighted by atomic mass is 9.64. The van der Waals surface area contributed by atoms with E-state index in [1.807, 2.05) is 0 Å². The van der Waals surface area contributed by atoms with Gasteiger partial charge in [-0.25, -0.2) is 0 Å². The summed E-state index contributed by atoms with van der Waals surface area (Å²) in [5.74, 6) is 0.626. The minimum atomic E-state index is 0.266. The number of rotatable bonds is 7. The molecule has 1 heterocycles. The van der Waals surface area contributed by atoms with E-state index in [4.69, 9.17) is 9.47 Å². The second kappa shape index (κ2) is 7.24. The van der Waals surface area contributed by atoms with Crippen LogP contribution in [0.15, 0.2) is 0 Å². The van der Waals surface area contributed by atoms with Gasteiger partial charge in [0.1, 0.15) is 0 Å². The van der Waals surface area contributed by atoms with Gasteiger partial charge >= 0.3 is 0 Å². The van der Waals surface area contributed by atoms with E-state index in [2.05, 4.69) is 33.0 Å². The van der Waals surface area contributed by atoms with Crippen molar-refractivity contribution in [3.63, 3.8) is 0 Å². The van der Waals surface area contributed by atoms with Crippen LogP contribution in [-0.2, 0) is 9.47 Å². The van der Waals surface area contributed by atoms with Gasteiger partial charge in [0, 0.05) is 24.7 Å². The Labute approximate surface area is 124 Å². The standard InChI is InChI=1S/C17H33NO2/c1-13(2)12-20-16-11-15(17(16,3)4)18-9-8-14-7-5-6-10-19-14/h13-16,18H,5-12H2,1-4H3. The van der Waals surface area contributed by atoms with Crippen molar-refractivity contribution >= 4 is 0 Å². The third-order valence-corrected chi connectivity index (χ3v) is 4.94. The summed E-state index contributed by atoms with van der Waals surface area (Å²) in [6, 6.07) is 0.600. The Hall–Kier alpha value is -0.120. The number of ether oxygens (including phenoxy) is 2. The van der Waals surface area contributed by atoms with E-state index >= 15 is 0 Å². The molecule has 0 aromatic heterocycles. The van der Waals surface area contributed by atoms with E-state index in [1.165, 1.54) is 19.3 Å². The zero-order valence-corrected chi connectivity index (χ0v) is 13.8. The normalized spacial score (nSPS) is 33.1. The summed E-state index contributed by atoms with van der Waals surface area (Å²) in [5.41, 5.74) is 0.266. The van der Waals surface area contributed by atoms with Gasteiger partial charge in [-0.15, -0.1) is 0 Å². The molecule has 2 rings (SSSR count). The minimum Gasteiger partial charge on any atom is -0.378 e. The van der Waals surface area contributed by atoms with Crippen LogP contribution in [0.5, 0.6) is 0 Å². The number of hydrogen-bond acceptors (Lipinski definition) is 3. The highest BCUT2D eigenvalue weighted by Crippen LogP contribution is 2.42. The first-order valence-electron chi connectivity index (χ1n) is 8.46. The van der Waals surface area contributed by atoms with Crippen molar-refractivity contribution in [3.05, 3.63) is 0 Å². The van der Waals surface area contributed by atoms with E-state index in [1.54, 1.807) is 0 Å². The third-order valence-electron chi connectivity index (χ3n) is 4.94. The zero-order valence-electron chi connectivity index (χ0n) is 13.8. The fraction of sp³-hybridized carbons (Fsp3) is 1.00. The van der Waals surface area contributed by atoms with Crippen molar-refractivity contribution in [1.29, 1.82) is 0 Å². The Morgan fingerprint density at radius 1 is 1.30 bits per heavy atom. The molecule has 3 heteroatoms. The molecule has 0 aromatic rings. The first-order valence-corrected chi connectivity index (χ1v) is 8.46. The molecule has 0 spiro atoms. The minimum absolute atomic E-state index is 0.266. The van der Waals surface area contributed by atoms with Gasteiger partial charge in [-0.05, 0) is 44.6 Å². The molecule has 3 atom stereocenters. The van der Waals surface area contributed by atoms with Crippen LogP contribution < -0.4 is 5.32 Å². The van der Waals surface area contributed by atoms with E-state index < -0.39 is 0 Å². The van der Waals surface area contributed by atoms with Gasteiger partial charge in [0.2, 0.25) is 0 Å². The molecule has 2 fully saturated rings. The topological polar surface area (TPSA) is 30.5 Å². The van der Waals surface area contributed by atoms with E-state index in [0.717, 1.165) is 32.6 Å². The van der Waals surface area contributed by atoms with Crippen molar-refractivity contribution in [1.82, 2.24) is 5.32 Å². The second-order valence-electron chi connectivity index (χ2n) is 7.56. The van der Waals surface area contributed by atoms with Crippen LogP contribution in [0, 0.1) is 11.3 Å². The number of nitrogens with one attached hydrogen (secondary N) is 1. The van der Waals surface area contributed by atoms with E-state index in [0.29, 0.717) is 24.2 Å². The second-order valence-corrected chi connectivity index (χ2v) is 7.56. The Bertz CT molecular complexity index is 285. The molecule has 0 amide bonds. The fourth-order valence-corrected chi connectivity index (χ4v) is 3.28. The first-order chi connectivity index (χ1) is 9.50. The van der Waals surface area contributed by atoms with E-state index in [-0.39, 0.29) is 5.41 Å². The molecule has 0 bridgehead atoms. The van der Waals surface area contributed by atoms with Gasteiger partial charge in [0.05, 0.1) is 12.2 Å². The molecule has 2 aliphatic rings. The summed E-state index contributed by atoms with van der Waals surface area (Å²) < 4.78 is 11.8. The summed E-state index contributed by atoms with van der Waals surface area (Å²) in [5, 5.41) is 3.71. The Balaban J connectivity index is 1.62. The molecule has 20 heavy (non-hydrogen) atoms. The quantitative estimate of drug-likeness (QED) is 0.777. The van der Waals surface area contributed by atoms with Gasteiger partial charge in [-0.2, -0.15) is 0 Å². The predicted molar refractivity (Wildman–Crippen MR) is 83.0 cm³/mol. The summed E-state index contributed by atoms with van der Waals surface area (Å²) in [4.78, 5) is 0. The lowest BCUT2D eigenvalue weighted by molar-refractivity contribution is -0.124. The summed E-state index contributed by atoms with van der Waals surface area (Å²) in [7, 11) is 0. The fourth-order valence-electron chi connectivity index (χ4n) is 3.28. The highest BCUT2D eigenvalue weighted by molar-refractivity contribution is 5.02. The maximum atomic E-state index is 6.02. The van der Waals surface area contributed by atoms with Crippen LogP contribution in [0.2, 0.25) is 0 Å². The Morgan fingerprint density at radius 2 is 2.10 bits per heavy atom. The molecule has 1 saturated carbocycles. The van der Waals surface area contributed by atoms with Crippen LogP contribution >= 0.6 is 0 Å². The van der Waals surface area contributed by atoms with Gasteiger partial charge < -0.3 is 14.8 Å². The molecule has 0 aromatic carbocycles. The number of hydrogen-bond donors (Lipinski definition) is 1. The van der Waals surface area contributed by atoms with Gasteiger partial charge in [-0.1, -0.05) is 27.7 Å². The maximum absolute atomic E-state index is 6.02. The van der Waals surface area contributed by atoms with Gasteiger partial charge in [0.15, 0.2) is 0 Å². The van der Waals surface area contributed by atoms with Gasteiger partial charge in [-0.3, -0.25) is 0 Å². The lowest BCUT2D eigenvalue weighted by Crippen LogP contribution is -2.61. The van der Waals surface area contributed by atoms with Gasteiger partial charge in [0.25, 0.3) is 0 Å². The summed E-state index contributed by atoms with van der Waals surface area (Å²) >= 11 is 0. The largest absolute Gasteiger partial charge is 0.378 e. The molecule has 1 N–H and O–H groups in total. The highest BCUT2D eigenvalue weighted by atomic mass is 16.5. The van der Waals surface area contributed by atoms with Crippen LogP contribution in [0.1, 0.15) is 59.8 Å². The van der Waals surface area contributed by atoms with Crippen LogP contribution in [0.25, 0.3) is 0 Å². The van der Waals surface area contributed by atoms with Crippen molar-refractivity contribution in [2.45, 2.75) is 78.0 Å². The molecule has 3 unspecified atom stereocenters. The summed E-state index contributed by atoms with van der Waals surface area (Å²) in [6.07, 6.45) is 7.06. The summed E-state index contributed by atoms with van der Waals surface area (Å²) in [6.45, 7) is 12.0. The molecule has 0 radical (unpaired) electrons. The molecular weight excluding hydrogens is 250 g/mol. The molecule has 1 aliphatic carbocycles.